The van der Waals surface area contributed by atoms with Crippen LogP contribution in [0.5, 0.6) is 0 Å². The molecule has 110 valence electrons. The predicted octanol–water partition coefficient (Wildman–Crippen LogP) is 3.83. The molecule has 1 saturated carbocycles. The average Bonchev–Trinajstić information content (AvgIpc) is 3.18. The molecule has 0 aromatic heterocycles. The normalized spacial score (nSPS) is 26.5. The first-order chi connectivity index (χ1) is 9.40. The van der Waals surface area contributed by atoms with E-state index in [1.807, 2.05) is 13.0 Å². The van der Waals surface area contributed by atoms with Crippen LogP contribution in [0.1, 0.15) is 53.4 Å². The molecule has 3 heteroatoms. The molecule has 0 aromatic rings. The number of hydrazone groups is 1. The lowest BCUT2D eigenvalue weighted by Gasteiger charge is -2.36. The summed E-state index contributed by atoms with van der Waals surface area (Å²) < 4.78 is 0. The summed E-state index contributed by atoms with van der Waals surface area (Å²) in [4.78, 5) is 11.5. The van der Waals surface area contributed by atoms with Crippen LogP contribution in [0.3, 0.4) is 0 Å². The molecule has 0 aromatic carbocycles. The molecule has 1 fully saturated rings. The fourth-order valence-electron chi connectivity index (χ4n) is 2.84. The van der Waals surface area contributed by atoms with Crippen LogP contribution in [0.25, 0.3) is 0 Å². The monoisotopic (exact) mass is 274 g/mol. The minimum atomic E-state index is 0.0619. The Kier molecular flexibility index (Phi) is 4.46. The molecule has 0 heterocycles. The van der Waals surface area contributed by atoms with Gasteiger partial charge < -0.3 is 0 Å². The van der Waals surface area contributed by atoms with Crippen LogP contribution in [0.15, 0.2) is 28.9 Å². The number of nitrogens with zero attached hydrogens (tertiary/aromatic N) is 1. The van der Waals surface area contributed by atoms with E-state index in [0.717, 1.165) is 18.6 Å². The molecule has 1 atom stereocenters. The Morgan fingerprint density at radius 1 is 1.45 bits per heavy atom. The van der Waals surface area contributed by atoms with Gasteiger partial charge in [0.15, 0.2) is 0 Å². The zero-order chi connectivity index (χ0) is 14.8. The third kappa shape index (κ3) is 3.81. The SMILES string of the molecule is CC1=CCCC(C)(C)C1C=CC(C)=NNC(=O)C1CC1. The van der Waals surface area contributed by atoms with Crippen LogP contribution < -0.4 is 5.43 Å². The van der Waals surface area contributed by atoms with E-state index in [0.29, 0.717) is 11.3 Å². The van der Waals surface area contributed by atoms with Gasteiger partial charge in [-0.15, -0.1) is 0 Å². The first kappa shape index (κ1) is 15.0. The van der Waals surface area contributed by atoms with E-state index >= 15 is 0 Å². The van der Waals surface area contributed by atoms with E-state index in [-0.39, 0.29) is 11.8 Å². The Labute approximate surface area is 122 Å². The molecule has 1 amide bonds. The predicted molar refractivity (Wildman–Crippen MR) is 83.4 cm³/mol. The maximum absolute atomic E-state index is 11.5. The van der Waals surface area contributed by atoms with Gasteiger partial charge >= 0.3 is 0 Å². The molecule has 0 aliphatic heterocycles. The lowest BCUT2D eigenvalue weighted by atomic mass is 9.68. The number of hydrogen-bond donors (Lipinski definition) is 1. The van der Waals surface area contributed by atoms with Gasteiger partial charge in [-0.2, -0.15) is 5.10 Å². The van der Waals surface area contributed by atoms with Crippen molar-refractivity contribution < 1.29 is 4.79 Å². The average molecular weight is 274 g/mol. The van der Waals surface area contributed by atoms with E-state index in [9.17, 15) is 4.79 Å². The highest BCUT2D eigenvalue weighted by molar-refractivity contribution is 5.94. The molecular formula is C17H26N2O. The molecule has 2 rings (SSSR count). The van der Waals surface area contributed by atoms with Gasteiger partial charge in [0.2, 0.25) is 5.91 Å². The van der Waals surface area contributed by atoms with Gasteiger partial charge in [-0.1, -0.05) is 31.6 Å². The summed E-state index contributed by atoms with van der Waals surface area (Å²) in [5.74, 6) is 0.727. The van der Waals surface area contributed by atoms with Crippen molar-refractivity contribution in [3.05, 3.63) is 23.8 Å². The highest BCUT2D eigenvalue weighted by atomic mass is 16.2. The Hall–Kier alpha value is -1.38. The molecule has 2 aliphatic rings. The molecule has 1 unspecified atom stereocenters. The molecule has 0 spiro atoms. The minimum absolute atomic E-state index is 0.0619. The van der Waals surface area contributed by atoms with Crippen LogP contribution in [0.4, 0.5) is 0 Å². The fraction of sp³-hybridized carbons (Fsp3) is 0.647. The van der Waals surface area contributed by atoms with Crippen molar-refractivity contribution in [1.82, 2.24) is 5.43 Å². The van der Waals surface area contributed by atoms with Gasteiger partial charge in [0, 0.05) is 11.8 Å². The number of allylic oxidation sites excluding steroid dienone is 4. The molecule has 0 saturated heterocycles. The van der Waals surface area contributed by atoms with Crippen molar-refractivity contribution in [1.29, 1.82) is 0 Å². The van der Waals surface area contributed by atoms with Gasteiger partial charge in [0.1, 0.15) is 0 Å². The lowest BCUT2D eigenvalue weighted by molar-refractivity contribution is -0.122. The van der Waals surface area contributed by atoms with E-state index in [2.05, 4.69) is 43.5 Å². The molecule has 2 aliphatic carbocycles. The van der Waals surface area contributed by atoms with Crippen molar-refractivity contribution in [2.45, 2.75) is 53.4 Å². The Morgan fingerprint density at radius 2 is 2.15 bits per heavy atom. The second-order valence-corrected chi connectivity index (χ2v) is 6.82. The standard InChI is InChI=1S/C17H26N2O/c1-12-6-5-11-17(3,4)15(12)10-7-13(2)18-19-16(20)14-8-9-14/h6-7,10,14-15H,5,8-9,11H2,1-4H3,(H,19,20). The van der Waals surface area contributed by atoms with Crippen molar-refractivity contribution in [3.63, 3.8) is 0 Å². The maximum Gasteiger partial charge on any atom is 0.243 e. The molecule has 3 nitrogen and oxygen atoms in total. The summed E-state index contributed by atoms with van der Waals surface area (Å²) in [6.07, 6.45) is 11.0. The van der Waals surface area contributed by atoms with Gasteiger partial charge in [0.05, 0.1) is 5.71 Å². The lowest BCUT2D eigenvalue weighted by Crippen LogP contribution is -2.26. The van der Waals surface area contributed by atoms with Crippen molar-refractivity contribution >= 4 is 11.6 Å². The fourth-order valence-corrected chi connectivity index (χ4v) is 2.84. The Balaban J connectivity index is 1.96. The van der Waals surface area contributed by atoms with Crippen LogP contribution in [-0.4, -0.2) is 11.6 Å². The summed E-state index contributed by atoms with van der Waals surface area (Å²) in [6, 6.07) is 0. The summed E-state index contributed by atoms with van der Waals surface area (Å²) in [5, 5.41) is 4.15. The topological polar surface area (TPSA) is 41.5 Å². The molecule has 1 N–H and O–H groups in total. The Morgan fingerprint density at radius 3 is 2.75 bits per heavy atom. The third-order valence-corrected chi connectivity index (χ3v) is 4.41. The van der Waals surface area contributed by atoms with Gasteiger partial charge in [-0.25, -0.2) is 5.43 Å². The second-order valence-electron chi connectivity index (χ2n) is 6.82. The van der Waals surface area contributed by atoms with E-state index in [1.165, 1.54) is 18.4 Å². The van der Waals surface area contributed by atoms with E-state index < -0.39 is 0 Å². The van der Waals surface area contributed by atoms with Gasteiger partial charge in [-0.3, -0.25) is 4.79 Å². The number of rotatable bonds is 4. The largest absolute Gasteiger partial charge is 0.273 e. The highest BCUT2D eigenvalue weighted by Crippen LogP contribution is 2.41. The first-order valence-electron chi connectivity index (χ1n) is 7.59. The smallest absolute Gasteiger partial charge is 0.243 e. The number of nitrogens with one attached hydrogen (secondary N) is 1. The van der Waals surface area contributed by atoms with Crippen molar-refractivity contribution in [2.24, 2.45) is 22.4 Å². The van der Waals surface area contributed by atoms with Crippen molar-refractivity contribution in [2.75, 3.05) is 0 Å². The summed E-state index contributed by atoms with van der Waals surface area (Å²) in [5.41, 5.74) is 5.24. The minimum Gasteiger partial charge on any atom is -0.273 e. The number of hydrogen-bond acceptors (Lipinski definition) is 2. The summed E-state index contributed by atoms with van der Waals surface area (Å²) in [7, 11) is 0. The quantitative estimate of drug-likeness (QED) is 0.472. The van der Waals surface area contributed by atoms with E-state index in [4.69, 9.17) is 0 Å². The van der Waals surface area contributed by atoms with Crippen LogP contribution in [0.2, 0.25) is 0 Å². The van der Waals surface area contributed by atoms with Gasteiger partial charge in [0.25, 0.3) is 0 Å². The molecular weight excluding hydrogens is 248 g/mol. The zero-order valence-electron chi connectivity index (χ0n) is 13.1. The first-order valence-corrected chi connectivity index (χ1v) is 7.59. The third-order valence-electron chi connectivity index (χ3n) is 4.41. The van der Waals surface area contributed by atoms with Gasteiger partial charge in [-0.05, 0) is 51.0 Å². The maximum atomic E-state index is 11.5. The van der Waals surface area contributed by atoms with Crippen LogP contribution in [-0.2, 0) is 4.79 Å². The summed E-state index contributed by atoms with van der Waals surface area (Å²) >= 11 is 0. The molecule has 0 radical (unpaired) electrons. The van der Waals surface area contributed by atoms with E-state index in [1.54, 1.807) is 0 Å². The zero-order valence-corrected chi connectivity index (χ0v) is 13.1. The van der Waals surface area contributed by atoms with Crippen molar-refractivity contribution in [3.8, 4) is 0 Å². The molecule has 0 bridgehead atoms. The summed E-state index contributed by atoms with van der Waals surface area (Å²) in [6.45, 7) is 8.77. The highest BCUT2D eigenvalue weighted by Gasteiger charge is 2.31. The van der Waals surface area contributed by atoms with Crippen LogP contribution >= 0.6 is 0 Å². The van der Waals surface area contributed by atoms with Crippen LogP contribution in [0, 0.1) is 17.3 Å². The Bertz CT molecular complexity index is 467. The molecule has 20 heavy (non-hydrogen) atoms. The number of amides is 1. The number of carbonyl (C=O) groups excluding carboxylic acids is 1. The number of carbonyl (C=O) groups is 1. The second kappa shape index (κ2) is 5.94.